The van der Waals surface area contributed by atoms with Crippen molar-refractivity contribution in [3.8, 4) is 0 Å². The van der Waals surface area contributed by atoms with E-state index < -0.39 is 6.10 Å². The molecule has 1 N–H and O–H groups in total. The topological polar surface area (TPSA) is 40.5 Å². The maximum Gasteiger partial charge on any atom is 0.234 e. The highest BCUT2D eigenvalue weighted by atomic mass is 16.3. The Morgan fingerprint density at radius 2 is 1.90 bits per heavy atom. The van der Waals surface area contributed by atoms with Crippen molar-refractivity contribution >= 4 is 11.6 Å². The molecule has 3 heteroatoms. The Morgan fingerprint density at radius 3 is 2.62 bits per heavy atom. The van der Waals surface area contributed by atoms with Gasteiger partial charge in [-0.15, -0.1) is 0 Å². The molecule has 1 aliphatic rings. The number of rotatable bonds is 3. The first-order chi connectivity index (χ1) is 10.1. The maximum atomic E-state index is 12.0. The number of amides is 1. The number of hydrogen-bond donors (Lipinski definition) is 1. The first kappa shape index (κ1) is 13.8. The summed E-state index contributed by atoms with van der Waals surface area (Å²) in [4.78, 5) is 13.7. The van der Waals surface area contributed by atoms with Crippen molar-refractivity contribution in [2.75, 3.05) is 11.9 Å². The monoisotopic (exact) mass is 281 g/mol. The number of carbonyl (C=O) groups is 1. The van der Waals surface area contributed by atoms with Crippen LogP contribution < -0.4 is 4.90 Å². The predicted octanol–water partition coefficient (Wildman–Crippen LogP) is 3.04. The van der Waals surface area contributed by atoms with E-state index in [4.69, 9.17) is 0 Å². The molecule has 0 saturated carbocycles. The Balaban J connectivity index is 1.86. The molecule has 0 fully saturated rings. The Kier molecular flexibility index (Phi) is 3.52. The van der Waals surface area contributed by atoms with E-state index in [1.807, 2.05) is 55.5 Å². The van der Waals surface area contributed by atoms with Crippen molar-refractivity contribution in [2.24, 2.45) is 0 Å². The van der Waals surface area contributed by atoms with Crippen molar-refractivity contribution in [1.29, 1.82) is 0 Å². The fraction of sp³-hybridized carbons (Fsp3) is 0.278. The van der Waals surface area contributed by atoms with Crippen LogP contribution in [0.2, 0.25) is 0 Å². The number of benzene rings is 2. The lowest BCUT2D eigenvalue weighted by molar-refractivity contribution is -0.118. The molecule has 0 aliphatic carbocycles. The van der Waals surface area contributed by atoms with Crippen LogP contribution in [0.3, 0.4) is 0 Å². The van der Waals surface area contributed by atoms with Crippen LogP contribution in [-0.4, -0.2) is 18.1 Å². The first-order valence-electron chi connectivity index (χ1n) is 7.21. The smallest absolute Gasteiger partial charge is 0.234 e. The van der Waals surface area contributed by atoms with Crippen molar-refractivity contribution in [2.45, 2.75) is 25.4 Å². The molecule has 108 valence electrons. The van der Waals surface area contributed by atoms with Crippen molar-refractivity contribution in [3.05, 3.63) is 65.2 Å². The molecule has 1 amide bonds. The lowest BCUT2D eigenvalue weighted by Crippen LogP contribution is -2.22. The van der Waals surface area contributed by atoms with Gasteiger partial charge in [-0.2, -0.15) is 0 Å². The summed E-state index contributed by atoms with van der Waals surface area (Å²) in [5.74, 6) is -0.0198. The summed E-state index contributed by atoms with van der Waals surface area (Å²) in [5.41, 5.74) is 3.93. The van der Waals surface area contributed by atoms with E-state index in [9.17, 15) is 9.90 Å². The van der Waals surface area contributed by atoms with Crippen LogP contribution in [0.1, 0.15) is 35.6 Å². The average molecular weight is 281 g/mol. The zero-order valence-electron chi connectivity index (χ0n) is 12.3. The standard InChI is InChI=1S/C18H19NO2/c1-12-15-11-14(8-9-16(15)19(2)18(12)21)17(20)10-13-6-4-3-5-7-13/h3-9,11-12,17,20H,10H2,1-2H3. The van der Waals surface area contributed by atoms with E-state index in [1.165, 1.54) is 0 Å². The van der Waals surface area contributed by atoms with Crippen molar-refractivity contribution < 1.29 is 9.90 Å². The average Bonchev–Trinajstić information content (AvgIpc) is 2.73. The summed E-state index contributed by atoms with van der Waals surface area (Å²) >= 11 is 0. The van der Waals surface area contributed by atoms with E-state index in [0.717, 1.165) is 22.4 Å². The quantitative estimate of drug-likeness (QED) is 0.939. The van der Waals surface area contributed by atoms with Crippen molar-refractivity contribution in [3.63, 3.8) is 0 Å². The molecule has 1 aliphatic heterocycles. The van der Waals surface area contributed by atoms with Crippen LogP contribution in [0, 0.1) is 0 Å². The third kappa shape index (κ3) is 2.45. The number of aliphatic hydroxyl groups excluding tert-OH is 1. The molecule has 2 unspecified atom stereocenters. The van der Waals surface area contributed by atoms with E-state index >= 15 is 0 Å². The van der Waals surface area contributed by atoms with Crippen LogP contribution in [0.15, 0.2) is 48.5 Å². The summed E-state index contributed by atoms with van der Waals surface area (Å²) in [5, 5.41) is 10.4. The second kappa shape index (κ2) is 5.34. The second-order valence-electron chi connectivity index (χ2n) is 5.64. The number of fused-ring (bicyclic) bond motifs is 1. The lowest BCUT2D eigenvalue weighted by Gasteiger charge is -2.14. The number of likely N-dealkylation sites (N-methyl/N-ethyl adjacent to an activating group) is 1. The van der Waals surface area contributed by atoms with Gasteiger partial charge in [-0.25, -0.2) is 0 Å². The van der Waals surface area contributed by atoms with Gasteiger partial charge in [0.2, 0.25) is 5.91 Å². The van der Waals surface area contributed by atoms with Crippen LogP contribution in [0.25, 0.3) is 0 Å². The number of nitrogens with zero attached hydrogens (tertiary/aromatic N) is 1. The SMILES string of the molecule is CC1C(=O)N(C)c2ccc(C(O)Cc3ccccc3)cc21. The minimum Gasteiger partial charge on any atom is -0.388 e. The van der Waals surface area contributed by atoms with E-state index in [2.05, 4.69) is 0 Å². The van der Waals surface area contributed by atoms with Crippen LogP contribution >= 0.6 is 0 Å². The first-order valence-corrected chi connectivity index (χ1v) is 7.21. The second-order valence-corrected chi connectivity index (χ2v) is 5.64. The van der Waals surface area contributed by atoms with E-state index in [-0.39, 0.29) is 11.8 Å². The number of anilines is 1. The minimum atomic E-state index is -0.550. The van der Waals surface area contributed by atoms with Gasteiger partial charge >= 0.3 is 0 Å². The lowest BCUT2D eigenvalue weighted by atomic mass is 9.96. The Bertz CT molecular complexity index is 666. The Morgan fingerprint density at radius 1 is 1.19 bits per heavy atom. The third-order valence-corrected chi connectivity index (χ3v) is 4.24. The molecule has 0 aromatic heterocycles. The fourth-order valence-electron chi connectivity index (χ4n) is 2.93. The van der Waals surface area contributed by atoms with Gasteiger partial charge in [-0.1, -0.05) is 42.5 Å². The zero-order chi connectivity index (χ0) is 15.0. The van der Waals surface area contributed by atoms with Gasteiger partial charge in [0.25, 0.3) is 0 Å². The molecule has 2 aromatic rings. The molecule has 0 bridgehead atoms. The zero-order valence-corrected chi connectivity index (χ0v) is 12.3. The number of aliphatic hydroxyl groups is 1. The Hall–Kier alpha value is -2.13. The van der Waals surface area contributed by atoms with Crippen molar-refractivity contribution in [1.82, 2.24) is 0 Å². The molecule has 21 heavy (non-hydrogen) atoms. The van der Waals surface area contributed by atoms with Crippen LogP contribution in [0.4, 0.5) is 5.69 Å². The molecule has 3 rings (SSSR count). The van der Waals surface area contributed by atoms with Crippen LogP contribution in [0.5, 0.6) is 0 Å². The molecule has 3 nitrogen and oxygen atoms in total. The van der Waals surface area contributed by atoms with E-state index in [0.29, 0.717) is 6.42 Å². The molecule has 2 atom stereocenters. The molecule has 0 saturated heterocycles. The van der Waals surface area contributed by atoms with E-state index in [1.54, 1.807) is 11.9 Å². The van der Waals surface area contributed by atoms with Gasteiger partial charge in [-0.05, 0) is 29.7 Å². The highest BCUT2D eigenvalue weighted by Crippen LogP contribution is 2.37. The van der Waals surface area contributed by atoms with Gasteiger partial charge < -0.3 is 10.0 Å². The minimum absolute atomic E-state index is 0.111. The van der Waals surface area contributed by atoms with Gasteiger partial charge in [0.1, 0.15) is 0 Å². The normalized spacial score (nSPS) is 18.7. The highest BCUT2D eigenvalue weighted by molar-refractivity contribution is 6.04. The molecular weight excluding hydrogens is 262 g/mol. The summed E-state index contributed by atoms with van der Waals surface area (Å²) in [6.07, 6.45) is 0.0311. The molecule has 0 spiro atoms. The third-order valence-electron chi connectivity index (χ3n) is 4.24. The molecule has 2 aromatic carbocycles. The molecule has 0 radical (unpaired) electrons. The van der Waals surface area contributed by atoms with Gasteiger partial charge in [0, 0.05) is 19.2 Å². The van der Waals surface area contributed by atoms with Crippen LogP contribution in [-0.2, 0) is 11.2 Å². The summed E-state index contributed by atoms with van der Waals surface area (Å²) in [7, 11) is 1.80. The number of carbonyl (C=O) groups excluding carboxylic acids is 1. The number of hydrogen-bond acceptors (Lipinski definition) is 2. The summed E-state index contributed by atoms with van der Waals surface area (Å²) < 4.78 is 0. The largest absolute Gasteiger partial charge is 0.388 e. The Labute approximate surface area is 124 Å². The van der Waals surface area contributed by atoms with Gasteiger partial charge in [-0.3, -0.25) is 4.79 Å². The predicted molar refractivity (Wildman–Crippen MR) is 83.4 cm³/mol. The maximum absolute atomic E-state index is 12.0. The molecular formula is C18H19NO2. The summed E-state index contributed by atoms with van der Waals surface area (Å²) in [6.45, 7) is 1.91. The molecule has 1 heterocycles. The highest BCUT2D eigenvalue weighted by Gasteiger charge is 2.32. The fourth-order valence-corrected chi connectivity index (χ4v) is 2.93. The van der Waals surface area contributed by atoms with Gasteiger partial charge in [0.05, 0.1) is 12.0 Å². The van der Waals surface area contributed by atoms with Gasteiger partial charge in [0.15, 0.2) is 0 Å². The summed E-state index contributed by atoms with van der Waals surface area (Å²) in [6, 6.07) is 15.7.